The predicted molar refractivity (Wildman–Crippen MR) is 67.4 cm³/mol. The standard InChI is InChI=1S/C13H9F3N2O2/c14-6-3-9(15)12(10(16)4-6)18-7-1-2-8(13(19)20)11(17)5-7/h1-5,18H,17H2,(H,19,20). The third-order valence-corrected chi connectivity index (χ3v) is 2.56. The summed E-state index contributed by atoms with van der Waals surface area (Å²) in [7, 11) is 0. The first-order chi connectivity index (χ1) is 9.38. The number of carboxylic acids is 1. The Kier molecular flexibility index (Phi) is 3.51. The zero-order valence-electron chi connectivity index (χ0n) is 9.95. The number of hydrogen-bond donors (Lipinski definition) is 3. The zero-order chi connectivity index (χ0) is 14.9. The fourth-order valence-electron chi connectivity index (χ4n) is 1.64. The zero-order valence-corrected chi connectivity index (χ0v) is 9.95. The molecule has 0 saturated heterocycles. The first-order valence-electron chi connectivity index (χ1n) is 5.43. The highest BCUT2D eigenvalue weighted by molar-refractivity contribution is 5.94. The second-order valence-electron chi connectivity index (χ2n) is 3.98. The highest BCUT2D eigenvalue weighted by Gasteiger charge is 2.13. The van der Waals surface area contributed by atoms with Crippen molar-refractivity contribution in [1.82, 2.24) is 0 Å². The van der Waals surface area contributed by atoms with Gasteiger partial charge in [-0.3, -0.25) is 0 Å². The summed E-state index contributed by atoms with van der Waals surface area (Å²) in [6, 6.07) is 4.76. The molecule has 0 fully saturated rings. The molecule has 0 spiro atoms. The number of nitrogen functional groups attached to an aromatic ring is 1. The Bertz CT molecular complexity index is 666. The van der Waals surface area contributed by atoms with Crippen LogP contribution in [0.25, 0.3) is 0 Å². The number of anilines is 3. The minimum absolute atomic E-state index is 0.0644. The van der Waals surface area contributed by atoms with E-state index >= 15 is 0 Å². The lowest BCUT2D eigenvalue weighted by Gasteiger charge is -2.10. The molecule has 0 saturated carbocycles. The van der Waals surface area contributed by atoms with Crippen LogP contribution in [-0.2, 0) is 0 Å². The summed E-state index contributed by atoms with van der Waals surface area (Å²) < 4.78 is 39.6. The molecule has 20 heavy (non-hydrogen) atoms. The molecule has 0 unspecified atom stereocenters. The molecule has 0 aliphatic heterocycles. The van der Waals surface area contributed by atoms with E-state index in [1.165, 1.54) is 18.2 Å². The van der Waals surface area contributed by atoms with Crippen molar-refractivity contribution in [2.75, 3.05) is 11.1 Å². The van der Waals surface area contributed by atoms with Gasteiger partial charge in [0.2, 0.25) is 0 Å². The number of carboxylic acid groups (broad SMARTS) is 1. The number of aromatic carboxylic acids is 1. The number of benzene rings is 2. The molecule has 2 aromatic carbocycles. The van der Waals surface area contributed by atoms with Gasteiger partial charge in [-0.1, -0.05) is 0 Å². The molecule has 0 aromatic heterocycles. The van der Waals surface area contributed by atoms with Gasteiger partial charge in [0, 0.05) is 23.5 Å². The number of nitrogens with one attached hydrogen (secondary N) is 1. The molecule has 0 bridgehead atoms. The van der Waals surface area contributed by atoms with Gasteiger partial charge in [0.25, 0.3) is 0 Å². The third-order valence-electron chi connectivity index (χ3n) is 2.56. The summed E-state index contributed by atoms with van der Waals surface area (Å²) in [6.45, 7) is 0. The summed E-state index contributed by atoms with van der Waals surface area (Å²) in [5, 5.41) is 11.2. The average molecular weight is 282 g/mol. The molecular weight excluding hydrogens is 273 g/mol. The van der Waals surface area contributed by atoms with Gasteiger partial charge < -0.3 is 16.2 Å². The Labute approximate surface area is 111 Å². The highest BCUT2D eigenvalue weighted by atomic mass is 19.1. The van der Waals surface area contributed by atoms with E-state index < -0.39 is 29.1 Å². The van der Waals surface area contributed by atoms with E-state index in [0.717, 1.165) is 0 Å². The molecule has 0 amide bonds. The predicted octanol–water partition coefficient (Wildman–Crippen LogP) is 3.13. The van der Waals surface area contributed by atoms with E-state index in [9.17, 15) is 18.0 Å². The summed E-state index contributed by atoms with van der Waals surface area (Å²) >= 11 is 0. The van der Waals surface area contributed by atoms with Crippen molar-refractivity contribution in [3.8, 4) is 0 Å². The molecule has 0 aliphatic rings. The molecule has 0 radical (unpaired) electrons. The average Bonchev–Trinajstić information content (AvgIpc) is 2.33. The summed E-state index contributed by atoms with van der Waals surface area (Å²) in [5.41, 5.74) is 4.94. The largest absolute Gasteiger partial charge is 0.478 e. The topological polar surface area (TPSA) is 75.3 Å². The van der Waals surface area contributed by atoms with E-state index in [0.29, 0.717) is 12.1 Å². The van der Waals surface area contributed by atoms with Gasteiger partial charge in [0.05, 0.1) is 5.56 Å². The van der Waals surface area contributed by atoms with Gasteiger partial charge in [-0.15, -0.1) is 0 Å². The molecular formula is C13H9F3N2O2. The minimum Gasteiger partial charge on any atom is -0.478 e. The third kappa shape index (κ3) is 2.66. The van der Waals surface area contributed by atoms with Crippen LogP contribution in [0, 0.1) is 17.5 Å². The number of nitrogens with two attached hydrogens (primary N) is 1. The Morgan fingerprint density at radius 1 is 1.10 bits per heavy atom. The van der Waals surface area contributed by atoms with Crippen molar-refractivity contribution >= 4 is 23.0 Å². The molecule has 4 N–H and O–H groups in total. The van der Waals surface area contributed by atoms with Crippen molar-refractivity contribution < 1.29 is 23.1 Å². The van der Waals surface area contributed by atoms with Gasteiger partial charge in [-0.2, -0.15) is 0 Å². The van der Waals surface area contributed by atoms with Crippen LogP contribution in [0.3, 0.4) is 0 Å². The van der Waals surface area contributed by atoms with Gasteiger partial charge in [-0.25, -0.2) is 18.0 Å². The van der Waals surface area contributed by atoms with Gasteiger partial charge >= 0.3 is 5.97 Å². The first-order valence-corrected chi connectivity index (χ1v) is 5.43. The smallest absolute Gasteiger partial charge is 0.337 e. The van der Waals surface area contributed by atoms with Crippen molar-refractivity contribution in [3.05, 3.63) is 53.3 Å². The number of halogens is 3. The number of carbonyl (C=O) groups is 1. The molecule has 104 valence electrons. The number of rotatable bonds is 3. The monoisotopic (exact) mass is 282 g/mol. The molecule has 0 aliphatic carbocycles. The van der Waals surface area contributed by atoms with E-state index in [4.69, 9.17) is 10.8 Å². The van der Waals surface area contributed by atoms with Crippen LogP contribution >= 0.6 is 0 Å². The maximum Gasteiger partial charge on any atom is 0.337 e. The Morgan fingerprint density at radius 2 is 1.70 bits per heavy atom. The maximum atomic E-state index is 13.4. The summed E-state index contributed by atoms with van der Waals surface area (Å²) in [4.78, 5) is 10.8. The van der Waals surface area contributed by atoms with E-state index in [-0.39, 0.29) is 16.9 Å². The van der Waals surface area contributed by atoms with Crippen molar-refractivity contribution in [2.24, 2.45) is 0 Å². The van der Waals surface area contributed by atoms with Gasteiger partial charge in [0.15, 0.2) is 11.6 Å². The van der Waals surface area contributed by atoms with E-state index in [1.807, 2.05) is 0 Å². The van der Waals surface area contributed by atoms with Crippen LogP contribution in [0.15, 0.2) is 30.3 Å². The van der Waals surface area contributed by atoms with Crippen LogP contribution in [-0.4, -0.2) is 11.1 Å². The highest BCUT2D eigenvalue weighted by Crippen LogP contribution is 2.26. The maximum absolute atomic E-state index is 13.4. The first kappa shape index (κ1) is 13.7. The van der Waals surface area contributed by atoms with Crippen LogP contribution in [0.2, 0.25) is 0 Å². The van der Waals surface area contributed by atoms with Crippen LogP contribution in [0.1, 0.15) is 10.4 Å². The molecule has 2 aromatic rings. The molecule has 7 heteroatoms. The lowest BCUT2D eigenvalue weighted by Crippen LogP contribution is -2.04. The Balaban J connectivity index is 2.36. The van der Waals surface area contributed by atoms with Crippen molar-refractivity contribution in [1.29, 1.82) is 0 Å². The van der Waals surface area contributed by atoms with Crippen LogP contribution in [0.5, 0.6) is 0 Å². The lowest BCUT2D eigenvalue weighted by molar-refractivity contribution is 0.0698. The molecule has 2 rings (SSSR count). The van der Waals surface area contributed by atoms with Crippen molar-refractivity contribution in [2.45, 2.75) is 0 Å². The van der Waals surface area contributed by atoms with Gasteiger partial charge in [0.1, 0.15) is 11.5 Å². The molecule has 0 atom stereocenters. The van der Waals surface area contributed by atoms with Crippen LogP contribution < -0.4 is 11.1 Å². The normalized spacial score (nSPS) is 10.3. The minimum atomic E-state index is -1.21. The summed E-state index contributed by atoms with van der Waals surface area (Å²) in [6.07, 6.45) is 0. The SMILES string of the molecule is Nc1cc(Nc2c(F)cc(F)cc2F)ccc1C(=O)O. The second-order valence-corrected chi connectivity index (χ2v) is 3.98. The van der Waals surface area contributed by atoms with E-state index in [2.05, 4.69) is 5.32 Å². The fraction of sp³-hybridized carbons (Fsp3) is 0. The quantitative estimate of drug-likeness (QED) is 0.756. The fourth-order valence-corrected chi connectivity index (χ4v) is 1.64. The van der Waals surface area contributed by atoms with E-state index in [1.54, 1.807) is 0 Å². The molecule has 0 heterocycles. The second kappa shape index (κ2) is 5.12. The summed E-state index contributed by atoms with van der Waals surface area (Å²) in [5.74, 6) is -4.47. The van der Waals surface area contributed by atoms with Crippen LogP contribution in [0.4, 0.5) is 30.2 Å². The lowest BCUT2D eigenvalue weighted by atomic mass is 10.1. The molecule has 4 nitrogen and oxygen atoms in total. The Morgan fingerprint density at radius 3 is 2.20 bits per heavy atom. The van der Waals surface area contributed by atoms with Gasteiger partial charge in [-0.05, 0) is 18.2 Å². The number of hydrogen-bond acceptors (Lipinski definition) is 3. The Hall–Kier alpha value is -2.70. The van der Waals surface area contributed by atoms with Crippen molar-refractivity contribution in [3.63, 3.8) is 0 Å².